The van der Waals surface area contributed by atoms with Crippen LogP contribution in [0.1, 0.15) is 24.1 Å². The molecule has 2 N–H and O–H groups in total. The average molecular weight is 290 g/mol. The minimum absolute atomic E-state index is 0.00825. The van der Waals surface area contributed by atoms with Crippen LogP contribution >= 0.6 is 0 Å². The van der Waals surface area contributed by atoms with Crippen LogP contribution in [0, 0.1) is 10.1 Å². The second-order valence-corrected chi connectivity index (χ2v) is 4.79. The van der Waals surface area contributed by atoms with Crippen LogP contribution in [-0.2, 0) is 13.1 Å². The van der Waals surface area contributed by atoms with E-state index in [1.807, 2.05) is 19.2 Å². The largest absolute Gasteiger partial charge is 0.394 e. The molecule has 7 nitrogen and oxygen atoms in total. The highest BCUT2D eigenvalue weighted by Crippen LogP contribution is 2.19. The van der Waals surface area contributed by atoms with Gasteiger partial charge in [-0.25, -0.2) is 0 Å². The Hall–Kier alpha value is -2.25. The summed E-state index contributed by atoms with van der Waals surface area (Å²) in [6.45, 7) is 3.09. The Balaban J connectivity index is 1.95. The van der Waals surface area contributed by atoms with Crippen LogP contribution < -0.4 is 5.32 Å². The fourth-order valence-electron chi connectivity index (χ4n) is 2.02. The summed E-state index contributed by atoms with van der Waals surface area (Å²) >= 11 is 0. The molecule has 0 radical (unpaired) electrons. The van der Waals surface area contributed by atoms with Crippen LogP contribution in [0.2, 0.25) is 0 Å². The van der Waals surface area contributed by atoms with Crippen molar-refractivity contribution in [2.75, 3.05) is 6.61 Å². The standard InChI is InChI=1S/C14H18N4O3/c1-11(13-3-2-4-14(7-13)18(20)21)15-8-12-9-16-17(10-12)5-6-19/h2-4,7,9-11,15,19H,5-6,8H2,1H3. The van der Waals surface area contributed by atoms with E-state index in [-0.39, 0.29) is 18.3 Å². The molecular formula is C14H18N4O3. The van der Waals surface area contributed by atoms with Crippen molar-refractivity contribution in [1.29, 1.82) is 0 Å². The van der Waals surface area contributed by atoms with Crippen molar-refractivity contribution in [2.24, 2.45) is 0 Å². The van der Waals surface area contributed by atoms with E-state index >= 15 is 0 Å². The van der Waals surface area contributed by atoms with E-state index in [4.69, 9.17) is 5.11 Å². The summed E-state index contributed by atoms with van der Waals surface area (Å²) in [6.07, 6.45) is 3.60. The lowest BCUT2D eigenvalue weighted by molar-refractivity contribution is -0.384. The fourth-order valence-corrected chi connectivity index (χ4v) is 2.02. The number of nitrogens with one attached hydrogen (secondary N) is 1. The number of aromatic nitrogens is 2. The summed E-state index contributed by atoms with van der Waals surface area (Å²) in [4.78, 5) is 10.4. The first kappa shape index (κ1) is 15.1. The lowest BCUT2D eigenvalue weighted by Gasteiger charge is -2.13. The third-order valence-electron chi connectivity index (χ3n) is 3.21. The van der Waals surface area contributed by atoms with Crippen molar-refractivity contribution in [3.8, 4) is 0 Å². The van der Waals surface area contributed by atoms with E-state index in [9.17, 15) is 10.1 Å². The number of hydrogen-bond acceptors (Lipinski definition) is 5. The van der Waals surface area contributed by atoms with Gasteiger partial charge in [-0.2, -0.15) is 5.10 Å². The lowest BCUT2D eigenvalue weighted by atomic mass is 10.1. The first-order chi connectivity index (χ1) is 10.1. The van der Waals surface area contributed by atoms with Crippen molar-refractivity contribution < 1.29 is 10.0 Å². The molecule has 0 fully saturated rings. The van der Waals surface area contributed by atoms with E-state index in [1.54, 1.807) is 23.0 Å². The number of aliphatic hydroxyl groups is 1. The highest BCUT2D eigenvalue weighted by atomic mass is 16.6. The van der Waals surface area contributed by atoms with Crippen LogP contribution in [0.25, 0.3) is 0 Å². The molecule has 1 atom stereocenters. The van der Waals surface area contributed by atoms with E-state index in [0.717, 1.165) is 11.1 Å². The molecule has 0 spiro atoms. The molecule has 1 unspecified atom stereocenters. The molecule has 1 aromatic heterocycles. The molecule has 1 aromatic carbocycles. The third-order valence-corrected chi connectivity index (χ3v) is 3.21. The number of hydrogen-bond donors (Lipinski definition) is 2. The summed E-state index contributed by atoms with van der Waals surface area (Å²) < 4.78 is 1.68. The Morgan fingerprint density at radius 3 is 3.05 bits per heavy atom. The molecular weight excluding hydrogens is 272 g/mol. The second kappa shape index (κ2) is 6.96. The smallest absolute Gasteiger partial charge is 0.269 e. The molecule has 21 heavy (non-hydrogen) atoms. The van der Waals surface area contributed by atoms with Gasteiger partial charge in [0.2, 0.25) is 0 Å². The summed E-state index contributed by atoms with van der Waals surface area (Å²) in [5.41, 5.74) is 1.96. The predicted octanol–water partition coefficient (Wildman–Crippen LogP) is 1.63. The molecule has 2 rings (SSSR count). The third kappa shape index (κ3) is 4.11. The van der Waals surface area contributed by atoms with Crippen LogP contribution in [0.4, 0.5) is 5.69 Å². The SMILES string of the molecule is CC(NCc1cnn(CCO)c1)c1cccc([N+](=O)[O-])c1. The first-order valence-corrected chi connectivity index (χ1v) is 6.70. The monoisotopic (exact) mass is 290 g/mol. The van der Waals surface area contributed by atoms with Crippen LogP contribution in [0.3, 0.4) is 0 Å². The first-order valence-electron chi connectivity index (χ1n) is 6.70. The number of aliphatic hydroxyl groups excluding tert-OH is 1. The topological polar surface area (TPSA) is 93.2 Å². The summed E-state index contributed by atoms with van der Waals surface area (Å²) in [6, 6.07) is 6.60. The number of rotatable bonds is 7. The molecule has 0 amide bonds. The minimum atomic E-state index is -0.394. The number of nitro groups is 1. The zero-order chi connectivity index (χ0) is 15.2. The van der Waals surface area contributed by atoms with Gasteiger partial charge in [-0.15, -0.1) is 0 Å². The molecule has 0 saturated carbocycles. The molecule has 7 heteroatoms. The molecule has 0 aliphatic carbocycles. The number of non-ortho nitro benzene ring substituents is 1. The van der Waals surface area contributed by atoms with Gasteiger partial charge in [0.15, 0.2) is 0 Å². The Morgan fingerprint density at radius 1 is 1.52 bits per heavy atom. The maximum atomic E-state index is 10.8. The molecule has 0 bridgehead atoms. The summed E-state index contributed by atoms with van der Waals surface area (Å²) in [7, 11) is 0. The lowest BCUT2D eigenvalue weighted by Crippen LogP contribution is -2.17. The molecule has 2 aromatic rings. The predicted molar refractivity (Wildman–Crippen MR) is 77.7 cm³/mol. The van der Waals surface area contributed by atoms with Crippen molar-refractivity contribution in [2.45, 2.75) is 26.1 Å². The van der Waals surface area contributed by atoms with Crippen LogP contribution in [0.5, 0.6) is 0 Å². The van der Waals surface area contributed by atoms with Crippen molar-refractivity contribution in [3.05, 3.63) is 57.9 Å². The maximum Gasteiger partial charge on any atom is 0.269 e. The van der Waals surface area contributed by atoms with E-state index in [1.165, 1.54) is 6.07 Å². The minimum Gasteiger partial charge on any atom is -0.394 e. The number of benzene rings is 1. The Labute approximate surface area is 122 Å². The van der Waals surface area contributed by atoms with E-state index in [0.29, 0.717) is 13.1 Å². The van der Waals surface area contributed by atoms with Gasteiger partial charge in [0.25, 0.3) is 5.69 Å². The Kier molecular flexibility index (Phi) is 5.02. The van der Waals surface area contributed by atoms with Crippen LogP contribution in [-0.4, -0.2) is 26.4 Å². The number of nitro benzene ring substituents is 1. The normalized spacial score (nSPS) is 12.3. The van der Waals surface area contributed by atoms with Gasteiger partial charge in [-0.3, -0.25) is 14.8 Å². The number of nitrogens with zero attached hydrogens (tertiary/aromatic N) is 3. The van der Waals surface area contributed by atoms with E-state index < -0.39 is 4.92 Å². The van der Waals surface area contributed by atoms with Crippen LogP contribution in [0.15, 0.2) is 36.7 Å². The molecule has 0 aliphatic heterocycles. The highest BCUT2D eigenvalue weighted by Gasteiger charge is 2.10. The Morgan fingerprint density at radius 2 is 2.33 bits per heavy atom. The zero-order valence-electron chi connectivity index (χ0n) is 11.8. The van der Waals surface area contributed by atoms with E-state index in [2.05, 4.69) is 10.4 Å². The summed E-state index contributed by atoms with van der Waals surface area (Å²) in [5, 5.41) is 27.0. The quantitative estimate of drug-likeness (QED) is 0.597. The van der Waals surface area contributed by atoms with Gasteiger partial charge in [0, 0.05) is 36.5 Å². The summed E-state index contributed by atoms with van der Waals surface area (Å²) in [5.74, 6) is 0. The van der Waals surface area contributed by atoms with Gasteiger partial charge in [-0.1, -0.05) is 12.1 Å². The second-order valence-electron chi connectivity index (χ2n) is 4.79. The highest BCUT2D eigenvalue weighted by molar-refractivity contribution is 5.35. The van der Waals surface area contributed by atoms with Gasteiger partial charge in [0.05, 0.1) is 24.3 Å². The molecule has 112 valence electrons. The zero-order valence-corrected chi connectivity index (χ0v) is 11.8. The van der Waals surface area contributed by atoms with Crippen molar-refractivity contribution >= 4 is 5.69 Å². The van der Waals surface area contributed by atoms with Gasteiger partial charge in [0.1, 0.15) is 0 Å². The van der Waals surface area contributed by atoms with Gasteiger partial charge in [-0.05, 0) is 12.5 Å². The average Bonchev–Trinajstić information content (AvgIpc) is 2.93. The molecule has 0 aliphatic rings. The van der Waals surface area contributed by atoms with Crippen molar-refractivity contribution in [1.82, 2.24) is 15.1 Å². The van der Waals surface area contributed by atoms with Crippen molar-refractivity contribution in [3.63, 3.8) is 0 Å². The maximum absolute atomic E-state index is 10.8. The molecule has 1 heterocycles. The molecule has 0 saturated heterocycles. The van der Waals surface area contributed by atoms with Gasteiger partial charge < -0.3 is 10.4 Å². The Bertz CT molecular complexity index is 612. The van der Waals surface area contributed by atoms with Gasteiger partial charge >= 0.3 is 0 Å². The fraction of sp³-hybridized carbons (Fsp3) is 0.357.